The Morgan fingerprint density at radius 2 is 1.79 bits per heavy atom. The number of aromatic nitrogens is 2. The van der Waals surface area contributed by atoms with E-state index in [9.17, 15) is 32.0 Å². The lowest BCUT2D eigenvalue weighted by Gasteiger charge is -2.58. The number of H-pyrrole nitrogens is 1. The van der Waals surface area contributed by atoms with Gasteiger partial charge in [0.2, 0.25) is 0 Å². The minimum atomic E-state index is -5.04. The molecule has 416 valence electrons. The van der Waals surface area contributed by atoms with Crippen molar-refractivity contribution in [2.24, 2.45) is 16.5 Å². The number of halogens is 2. The molecule has 7 aliphatic rings. The summed E-state index contributed by atoms with van der Waals surface area (Å²) in [5, 5.41) is 17.2. The predicted molar refractivity (Wildman–Crippen MR) is 291 cm³/mol. The van der Waals surface area contributed by atoms with Gasteiger partial charge in [-0.1, -0.05) is 49.8 Å². The Morgan fingerprint density at radius 3 is 2.53 bits per heavy atom. The van der Waals surface area contributed by atoms with Gasteiger partial charge in [-0.05, 0) is 141 Å². The first-order valence-electron chi connectivity index (χ1n) is 27.4. The van der Waals surface area contributed by atoms with E-state index < -0.39 is 56.3 Å². The molecule has 11 rings (SSSR count). The number of allylic oxidation sites excluding steroid dienone is 4. The number of sulfonamides is 1. The molecule has 3 saturated heterocycles. The highest BCUT2D eigenvalue weighted by Gasteiger charge is 2.56. The molecule has 2 saturated carbocycles. The van der Waals surface area contributed by atoms with Crippen molar-refractivity contribution in [1.82, 2.24) is 29.8 Å². The average molecular weight is 1090 g/mol. The number of carbonyl (C=O) groups is 1. The minimum absolute atomic E-state index is 0.0344. The van der Waals surface area contributed by atoms with Gasteiger partial charge in [0.05, 0.1) is 36.3 Å². The number of fused-ring (bicyclic) bond motifs is 2. The third kappa shape index (κ3) is 11.3. The highest BCUT2D eigenvalue weighted by molar-refractivity contribution is 7.94. The van der Waals surface area contributed by atoms with Gasteiger partial charge in [0.1, 0.15) is 33.9 Å². The van der Waals surface area contributed by atoms with Crippen LogP contribution in [0.2, 0.25) is 0 Å². The van der Waals surface area contributed by atoms with Gasteiger partial charge in [-0.25, -0.2) is 18.1 Å². The van der Waals surface area contributed by atoms with Crippen molar-refractivity contribution < 1.29 is 46.0 Å². The zero-order valence-electron chi connectivity index (χ0n) is 44.7. The van der Waals surface area contributed by atoms with Gasteiger partial charge in [-0.15, -0.1) is 13.7 Å². The largest absolute Gasteiger partial charge is 0.535 e. The molecule has 20 heteroatoms. The van der Waals surface area contributed by atoms with E-state index in [-0.39, 0.29) is 41.0 Å². The molecule has 0 radical (unpaired) electrons. The molecule has 4 aliphatic carbocycles. The number of methoxy groups -OCH3 is 1. The Hall–Kier alpha value is -6.03. The maximum absolute atomic E-state index is 14.9. The van der Waals surface area contributed by atoms with Gasteiger partial charge >= 0.3 is 6.29 Å². The molecule has 2 unspecified atom stereocenters. The molecule has 4 N–H and O–H groups in total. The van der Waals surface area contributed by atoms with Crippen molar-refractivity contribution in [3.63, 3.8) is 0 Å². The maximum Gasteiger partial charge on any atom is 0.535 e. The standard InChI is InChI=1S/C58H70F2N8O9S/c1-36(2)44-7-5-6-8-45(44)48-35-66(34-38-9-12-42(74-4)13-10-38)25-26-68(48)41-30-57(31-41)20-23-67(24-21-57)40-11-14-46(49(28-40)75-43-27-39-17-22-61-54(39)63-33-43)55(69)65-78(72,73)50-29-47(64-71)51(53-52(50)76-58(59,60)77-53)62-32-37-15-18-56(3,70)19-16-37/h5-9,11-12,14,17,22,27-29,33,36-37,41,48,51,53,62,70H,10,13,15-16,18-21,23-26,30-32,34-35H2,1-4H3,(H,61,63)(H,65,69)/t37-,48-,51?,53?,56-/m0/s1. The number of anilines is 1. The number of rotatable bonds is 16. The van der Waals surface area contributed by atoms with Crippen LogP contribution in [0.3, 0.4) is 0 Å². The monoisotopic (exact) mass is 1090 g/mol. The van der Waals surface area contributed by atoms with Crippen LogP contribution >= 0.6 is 0 Å². The second kappa shape index (κ2) is 21.6. The van der Waals surface area contributed by atoms with Crippen LogP contribution in [0.15, 0.2) is 118 Å². The number of nitrogens with zero attached hydrogens (tertiary/aromatic N) is 5. The van der Waals surface area contributed by atoms with Crippen LogP contribution in [0, 0.1) is 16.2 Å². The second-order valence-corrected chi connectivity index (χ2v) is 24.8. The van der Waals surface area contributed by atoms with Crippen LogP contribution in [0.5, 0.6) is 11.5 Å². The lowest BCUT2D eigenvalue weighted by atomic mass is 9.59. The topological polar surface area (TPSA) is 200 Å². The first kappa shape index (κ1) is 53.9. The number of hydrogen-bond acceptors (Lipinski definition) is 15. The SMILES string of the molecule is COC1=CC=C(CN2CCN(C3CC4(CCN(c5ccc(C(=O)NS(=O)(=O)C6=C7OC(F)(F)OC7C(NC[C@H]7CC[C@](C)(O)CC7)C(N=O)=C6)c(Oc6cnc7[nH]ccc7c6)c5)CC4)C3)[C@H](c3ccccc3C(C)C)C2)CC1. The van der Waals surface area contributed by atoms with Crippen LogP contribution in [0.1, 0.15) is 118 Å². The minimum Gasteiger partial charge on any atom is -0.501 e. The van der Waals surface area contributed by atoms with Crippen LogP contribution in [-0.4, -0.2) is 122 Å². The highest BCUT2D eigenvalue weighted by Crippen LogP contribution is 2.54. The fourth-order valence-electron chi connectivity index (χ4n) is 13.0. The quantitative estimate of drug-likeness (QED) is 0.0773. The van der Waals surface area contributed by atoms with Gasteiger partial charge in [-0.2, -0.15) is 0 Å². The van der Waals surface area contributed by atoms with E-state index in [1.807, 2.05) is 10.8 Å². The van der Waals surface area contributed by atoms with E-state index in [0.29, 0.717) is 43.3 Å². The molecule has 17 nitrogen and oxygen atoms in total. The number of ether oxygens (including phenoxy) is 4. The summed E-state index contributed by atoms with van der Waals surface area (Å²) < 4.78 is 82.0. The molecule has 4 aromatic rings. The molecule has 78 heavy (non-hydrogen) atoms. The van der Waals surface area contributed by atoms with Crippen molar-refractivity contribution in [2.45, 2.75) is 127 Å². The number of piperazine rings is 1. The number of benzene rings is 2. The summed E-state index contributed by atoms with van der Waals surface area (Å²) in [5.74, 6) is -0.108. The predicted octanol–water partition coefficient (Wildman–Crippen LogP) is 9.64. The molecule has 0 bridgehead atoms. The number of amides is 1. The number of pyridine rings is 1. The smallest absolute Gasteiger partial charge is 0.501 e. The molecule has 1 amide bonds. The normalized spacial score (nSPS) is 26.7. The van der Waals surface area contributed by atoms with E-state index in [1.165, 1.54) is 29.0 Å². The summed E-state index contributed by atoms with van der Waals surface area (Å²) in [6.07, 6.45) is 10.9. The van der Waals surface area contributed by atoms with Crippen LogP contribution in [0.25, 0.3) is 11.0 Å². The molecule has 3 atom stereocenters. The van der Waals surface area contributed by atoms with Crippen molar-refractivity contribution in [1.29, 1.82) is 0 Å². The Bertz CT molecular complexity index is 3170. The zero-order valence-corrected chi connectivity index (χ0v) is 45.5. The summed E-state index contributed by atoms with van der Waals surface area (Å²) >= 11 is 0. The van der Waals surface area contributed by atoms with Crippen molar-refractivity contribution in [2.75, 3.05) is 57.8 Å². The highest BCUT2D eigenvalue weighted by atomic mass is 32.2. The Labute approximate surface area is 454 Å². The van der Waals surface area contributed by atoms with Crippen molar-refractivity contribution in [3.8, 4) is 11.5 Å². The van der Waals surface area contributed by atoms with E-state index >= 15 is 0 Å². The van der Waals surface area contributed by atoms with Gasteiger partial charge in [0.25, 0.3) is 15.9 Å². The summed E-state index contributed by atoms with van der Waals surface area (Å²) in [7, 11) is -3.29. The van der Waals surface area contributed by atoms with Gasteiger partial charge in [0.15, 0.2) is 5.76 Å². The zero-order chi connectivity index (χ0) is 54.6. The van der Waals surface area contributed by atoms with Crippen LogP contribution < -0.4 is 19.7 Å². The van der Waals surface area contributed by atoms with E-state index in [1.54, 1.807) is 38.4 Å². The lowest BCUT2D eigenvalue weighted by Crippen LogP contribution is -2.60. The third-order valence-corrected chi connectivity index (χ3v) is 18.9. The molecule has 2 aromatic heterocycles. The van der Waals surface area contributed by atoms with E-state index in [2.05, 4.69) is 85.4 Å². The molecule has 1 spiro atoms. The number of nitroso groups, excluding NO2 is 1. The Morgan fingerprint density at radius 1 is 1.01 bits per heavy atom. The van der Waals surface area contributed by atoms with Gasteiger partial charge in [0, 0.05) is 81.1 Å². The van der Waals surface area contributed by atoms with Crippen LogP contribution in [0.4, 0.5) is 14.5 Å². The molecular weight excluding hydrogens is 1020 g/mol. The second-order valence-electron chi connectivity index (χ2n) is 23.1. The molecule has 2 aromatic carbocycles. The number of piperidine rings is 1. The number of hydrogen-bond donors (Lipinski definition) is 4. The first-order valence-corrected chi connectivity index (χ1v) is 28.9. The molecular formula is C58H70F2N8O9S. The third-order valence-electron chi connectivity index (χ3n) is 17.5. The summed E-state index contributed by atoms with van der Waals surface area (Å²) in [6.45, 7) is 12.0. The van der Waals surface area contributed by atoms with Crippen molar-refractivity contribution in [3.05, 3.63) is 135 Å². The maximum atomic E-state index is 14.9. The summed E-state index contributed by atoms with van der Waals surface area (Å²) in [4.78, 5) is 40.9. The number of carbonyl (C=O) groups excluding carboxylic acids is 1. The van der Waals surface area contributed by atoms with Crippen molar-refractivity contribution >= 4 is 32.7 Å². The van der Waals surface area contributed by atoms with E-state index in [4.69, 9.17) is 18.9 Å². The summed E-state index contributed by atoms with van der Waals surface area (Å²) in [6, 6.07) is 16.9. The molecule has 3 aliphatic heterocycles. The number of aliphatic hydroxyl groups is 1. The number of aromatic amines is 1. The lowest BCUT2D eigenvalue weighted by molar-refractivity contribution is -0.342. The molecule has 5 heterocycles. The Balaban J connectivity index is 0.796. The van der Waals surface area contributed by atoms with Crippen LogP contribution in [-0.2, 0) is 24.2 Å². The fraction of sp³-hybridized carbons (Fsp3) is 0.517. The first-order chi connectivity index (χ1) is 37.4. The van der Waals surface area contributed by atoms with E-state index in [0.717, 1.165) is 101 Å². The number of alkyl halides is 2. The molecule has 5 fully saturated rings. The van der Waals surface area contributed by atoms with Gasteiger partial charge < -0.3 is 34.5 Å². The fourth-order valence-corrected chi connectivity index (χ4v) is 14.2. The number of nitrogens with one attached hydrogen (secondary N) is 3. The van der Waals surface area contributed by atoms with Gasteiger partial charge in [-0.3, -0.25) is 19.3 Å². The Kier molecular flexibility index (Phi) is 14.9. The average Bonchev–Trinajstić information content (AvgIpc) is 4.21. The summed E-state index contributed by atoms with van der Waals surface area (Å²) in [5.41, 5.74) is 4.47.